The highest BCUT2D eigenvalue weighted by Crippen LogP contribution is 2.40. The lowest BCUT2D eigenvalue weighted by atomic mass is 9.89. The molecule has 1 amide bonds. The molecule has 0 bridgehead atoms. The fourth-order valence-electron chi connectivity index (χ4n) is 5.42. The van der Waals surface area contributed by atoms with E-state index < -0.39 is 5.79 Å². The molecule has 1 aromatic heterocycles. The number of benzene rings is 1. The second kappa shape index (κ2) is 8.61. The molecule has 0 atom stereocenters. The second-order valence-corrected chi connectivity index (χ2v) is 9.80. The number of nitrogens with zero attached hydrogens (tertiary/aromatic N) is 3. The lowest BCUT2D eigenvalue weighted by molar-refractivity contribution is -0.231. The van der Waals surface area contributed by atoms with E-state index in [9.17, 15) is 4.79 Å². The van der Waals surface area contributed by atoms with Crippen LogP contribution >= 0.6 is 0 Å². The van der Waals surface area contributed by atoms with Gasteiger partial charge in [-0.1, -0.05) is 6.42 Å². The number of rotatable bonds is 4. The fourth-order valence-corrected chi connectivity index (χ4v) is 5.42. The average Bonchev–Trinajstić information content (AvgIpc) is 3.35. The largest absolute Gasteiger partial charge is 0.462 e. The molecule has 7 heteroatoms. The van der Waals surface area contributed by atoms with Crippen LogP contribution in [0.3, 0.4) is 0 Å². The van der Waals surface area contributed by atoms with Crippen molar-refractivity contribution in [3.63, 3.8) is 0 Å². The van der Waals surface area contributed by atoms with Crippen molar-refractivity contribution in [1.29, 1.82) is 0 Å². The van der Waals surface area contributed by atoms with Gasteiger partial charge >= 0.3 is 0 Å². The molecule has 6 rings (SSSR count). The van der Waals surface area contributed by atoms with Crippen molar-refractivity contribution in [2.45, 2.75) is 63.4 Å². The Morgan fingerprint density at radius 2 is 1.85 bits per heavy atom. The minimum absolute atomic E-state index is 0.129. The Labute approximate surface area is 195 Å². The minimum atomic E-state index is -0.499. The number of anilines is 2. The van der Waals surface area contributed by atoms with Crippen LogP contribution in [-0.2, 0) is 11.3 Å². The van der Waals surface area contributed by atoms with E-state index in [-0.39, 0.29) is 5.91 Å². The molecular formula is C26H32N4O3. The van der Waals surface area contributed by atoms with Crippen LogP contribution in [-0.4, -0.2) is 53.8 Å². The molecule has 3 aliphatic heterocycles. The van der Waals surface area contributed by atoms with Gasteiger partial charge in [-0.15, -0.1) is 0 Å². The Morgan fingerprint density at radius 3 is 2.61 bits per heavy atom. The zero-order valence-corrected chi connectivity index (χ0v) is 19.1. The Kier molecular flexibility index (Phi) is 5.46. The number of fused-ring (bicyclic) bond motifs is 1. The van der Waals surface area contributed by atoms with Crippen molar-refractivity contribution in [3.05, 3.63) is 47.7 Å². The van der Waals surface area contributed by atoms with Crippen LogP contribution in [0.25, 0.3) is 0 Å². The first-order chi connectivity index (χ1) is 16.2. The molecule has 1 aliphatic carbocycles. The van der Waals surface area contributed by atoms with E-state index >= 15 is 0 Å². The SMILES string of the molecule is O=C(Nc1ccc2c(c1)COC1(CCN(C3CCC3)CC1)O2)c1ccnc(N2CCCC2)c1. The van der Waals surface area contributed by atoms with Gasteiger partial charge < -0.3 is 19.7 Å². The Hall–Kier alpha value is -2.64. The number of hydrogen-bond donors (Lipinski definition) is 1. The average molecular weight is 449 g/mol. The van der Waals surface area contributed by atoms with Crippen LogP contribution in [0.15, 0.2) is 36.5 Å². The molecule has 174 valence electrons. The third-order valence-corrected chi connectivity index (χ3v) is 7.69. The van der Waals surface area contributed by atoms with Gasteiger partial charge in [0, 0.05) is 68.1 Å². The van der Waals surface area contributed by atoms with Crippen molar-refractivity contribution in [1.82, 2.24) is 9.88 Å². The summed E-state index contributed by atoms with van der Waals surface area (Å²) in [6.07, 6.45) is 9.93. The van der Waals surface area contributed by atoms with Crippen molar-refractivity contribution in [2.75, 3.05) is 36.4 Å². The van der Waals surface area contributed by atoms with E-state index in [1.165, 1.54) is 32.1 Å². The van der Waals surface area contributed by atoms with E-state index in [2.05, 4.69) is 20.1 Å². The molecule has 2 saturated heterocycles. The number of amides is 1. The van der Waals surface area contributed by atoms with E-state index in [1.807, 2.05) is 24.3 Å². The Morgan fingerprint density at radius 1 is 1.03 bits per heavy atom. The molecule has 0 unspecified atom stereocenters. The van der Waals surface area contributed by atoms with Crippen molar-refractivity contribution in [2.24, 2.45) is 0 Å². The number of ether oxygens (including phenoxy) is 2. The molecule has 4 heterocycles. The van der Waals surface area contributed by atoms with Gasteiger partial charge in [0.2, 0.25) is 5.79 Å². The van der Waals surface area contributed by atoms with E-state index in [4.69, 9.17) is 9.47 Å². The summed E-state index contributed by atoms with van der Waals surface area (Å²) in [5.74, 6) is 1.12. The lowest BCUT2D eigenvalue weighted by Crippen LogP contribution is -2.54. The summed E-state index contributed by atoms with van der Waals surface area (Å²) in [7, 11) is 0. The number of pyridine rings is 1. The van der Waals surface area contributed by atoms with Crippen LogP contribution in [0.5, 0.6) is 5.75 Å². The first-order valence-corrected chi connectivity index (χ1v) is 12.4. The summed E-state index contributed by atoms with van der Waals surface area (Å²) in [6, 6.07) is 10.3. The topological polar surface area (TPSA) is 66.9 Å². The Balaban J connectivity index is 1.10. The van der Waals surface area contributed by atoms with Gasteiger partial charge in [0.1, 0.15) is 11.6 Å². The lowest BCUT2D eigenvalue weighted by Gasteiger charge is -2.47. The number of aromatic nitrogens is 1. The molecule has 7 nitrogen and oxygen atoms in total. The van der Waals surface area contributed by atoms with Gasteiger partial charge in [0.15, 0.2) is 0 Å². The van der Waals surface area contributed by atoms with Gasteiger partial charge in [-0.3, -0.25) is 9.69 Å². The number of carbonyl (C=O) groups excluding carboxylic acids is 1. The monoisotopic (exact) mass is 448 g/mol. The third kappa shape index (κ3) is 4.20. The zero-order chi connectivity index (χ0) is 22.3. The van der Waals surface area contributed by atoms with Gasteiger partial charge in [-0.2, -0.15) is 0 Å². The van der Waals surface area contributed by atoms with Crippen LogP contribution < -0.4 is 15.0 Å². The summed E-state index contributed by atoms with van der Waals surface area (Å²) in [5, 5.41) is 3.03. The quantitative estimate of drug-likeness (QED) is 0.757. The molecular weight excluding hydrogens is 416 g/mol. The molecule has 1 N–H and O–H groups in total. The predicted molar refractivity (Wildman–Crippen MR) is 127 cm³/mol. The molecule has 0 radical (unpaired) electrons. The number of nitrogens with one attached hydrogen (secondary N) is 1. The standard InChI is InChI=1S/C26H32N4O3/c31-25(19-8-11-27-24(17-19)30-12-1-2-13-30)28-21-6-7-23-20(16-21)18-32-26(33-23)9-14-29(15-10-26)22-4-3-5-22/h6-8,11,16-17,22H,1-5,9-10,12-15,18H2,(H,28,31). The molecule has 1 saturated carbocycles. The van der Waals surface area contributed by atoms with Crippen LogP contribution in [0.4, 0.5) is 11.5 Å². The van der Waals surface area contributed by atoms with E-state index in [0.29, 0.717) is 12.2 Å². The normalized spacial score (nSPS) is 22.5. The number of carbonyl (C=O) groups is 1. The molecule has 2 aromatic rings. The van der Waals surface area contributed by atoms with Gasteiger partial charge in [0.25, 0.3) is 5.91 Å². The predicted octanol–water partition coefficient (Wildman–Crippen LogP) is 4.19. The smallest absolute Gasteiger partial charge is 0.255 e. The van der Waals surface area contributed by atoms with Crippen molar-refractivity contribution < 1.29 is 14.3 Å². The maximum atomic E-state index is 12.9. The molecule has 4 aliphatic rings. The van der Waals surface area contributed by atoms with Crippen LogP contribution in [0, 0.1) is 0 Å². The number of piperidine rings is 1. The highest BCUT2D eigenvalue weighted by atomic mass is 16.7. The first-order valence-electron chi connectivity index (χ1n) is 12.4. The van der Waals surface area contributed by atoms with Gasteiger partial charge in [-0.25, -0.2) is 4.98 Å². The highest BCUT2D eigenvalue weighted by molar-refractivity contribution is 6.04. The summed E-state index contributed by atoms with van der Waals surface area (Å²) in [4.78, 5) is 22.2. The van der Waals surface area contributed by atoms with Gasteiger partial charge in [0.05, 0.1) is 6.61 Å². The molecule has 1 spiro atoms. The minimum Gasteiger partial charge on any atom is -0.462 e. The van der Waals surface area contributed by atoms with E-state index in [1.54, 1.807) is 12.3 Å². The van der Waals surface area contributed by atoms with Gasteiger partial charge in [-0.05, 0) is 56.0 Å². The number of hydrogen-bond acceptors (Lipinski definition) is 6. The number of likely N-dealkylation sites (tertiary alicyclic amines) is 1. The maximum Gasteiger partial charge on any atom is 0.255 e. The fraction of sp³-hybridized carbons (Fsp3) is 0.538. The van der Waals surface area contributed by atoms with Crippen LogP contribution in [0.2, 0.25) is 0 Å². The van der Waals surface area contributed by atoms with Crippen LogP contribution in [0.1, 0.15) is 60.9 Å². The second-order valence-electron chi connectivity index (χ2n) is 9.80. The zero-order valence-electron chi connectivity index (χ0n) is 19.1. The molecule has 1 aromatic carbocycles. The molecule has 33 heavy (non-hydrogen) atoms. The third-order valence-electron chi connectivity index (χ3n) is 7.69. The van der Waals surface area contributed by atoms with E-state index in [0.717, 1.165) is 67.9 Å². The maximum absolute atomic E-state index is 12.9. The highest BCUT2D eigenvalue weighted by Gasteiger charge is 2.42. The molecule has 3 fully saturated rings. The summed E-state index contributed by atoms with van der Waals surface area (Å²) >= 11 is 0. The summed E-state index contributed by atoms with van der Waals surface area (Å²) < 4.78 is 12.6. The van der Waals surface area contributed by atoms with Crippen molar-refractivity contribution in [3.8, 4) is 5.75 Å². The van der Waals surface area contributed by atoms with Crippen molar-refractivity contribution >= 4 is 17.4 Å². The summed E-state index contributed by atoms with van der Waals surface area (Å²) in [5.41, 5.74) is 2.35. The summed E-state index contributed by atoms with van der Waals surface area (Å²) in [6.45, 7) is 4.60. The first kappa shape index (κ1) is 20.9. The Bertz CT molecular complexity index is 1020.